The van der Waals surface area contributed by atoms with Crippen LogP contribution in [0.2, 0.25) is 0 Å². The van der Waals surface area contributed by atoms with E-state index in [0.717, 1.165) is 13.1 Å². The minimum atomic E-state index is 0.581. The molecule has 1 N–H and O–H groups in total. The molecule has 1 saturated heterocycles. The van der Waals surface area contributed by atoms with Gasteiger partial charge in [0.2, 0.25) is 0 Å². The molecule has 0 atom stereocenters. The third-order valence-electron chi connectivity index (χ3n) is 4.06. The van der Waals surface area contributed by atoms with Crippen molar-refractivity contribution < 1.29 is 0 Å². The standard InChI is InChI=1S/C18H20N4/c19-13-15-8-6-10-20-18(15)21-14-16-7-2-3-9-17(16)22-11-4-1-5-12-22/h2-3,6-10H,1,4-5,11-12,14H2,(H,20,21). The number of piperidine rings is 1. The molecule has 0 amide bonds. The van der Waals surface area contributed by atoms with Crippen molar-refractivity contribution in [3.63, 3.8) is 0 Å². The summed E-state index contributed by atoms with van der Waals surface area (Å²) in [6.45, 7) is 2.94. The normalized spacial score (nSPS) is 14.4. The summed E-state index contributed by atoms with van der Waals surface area (Å²) in [6.07, 6.45) is 5.57. The van der Waals surface area contributed by atoms with Crippen molar-refractivity contribution in [2.75, 3.05) is 23.3 Å². The van der Waals surface area contributed by atoms with Crippen LogP contribution in [-0.4, -0.2) is 18.1 Å². The minimum Gasteiger partial charge on any atom is -0.371 e. The van der Waals surface area contributed by atoms with Gasteiger partial charge in [0.15, 0.2) is 0 Å². The highest BCUT2D eigenvalue weighted by Gasteiger charge is 2.14. The molecule has 0 spiro atoms. The van der Waals surface area contributed by atoms with Gasteiger partial charge in [0, 0.05) is 31.5 Å². The third-order valence-corrected chi connectivity index (χ3v) is 4.06. The molecule has 1 aromatic heterocycles. The number of nitrogens with zero attached hydrogens (tertiary/aromatic N) is 3. The molecule has 22 heavy (non-hydrogen) atoms. The first kappa shape index (κ1) is 14.4. The number of para-hydroxylation sites is 1. The van der Waals surface area contributed by atoms with Crippen LogP contribution in [0.3, 0.4) is 0 Å². The van der Waals surface area contributed by atoms with Crippen molar-refractivity contribution in [3.05, 3.63) is 53.7 Å². The maximum Gasteiger partial charge on any atom is 0.144 e. The van der Waals surface area contributed by atoms with Crippen LogP contribution >= 0.6 is 0 Å². The van der Waals surface area contributed by atoms with Crippen molar-refractivity contribution in [1.82, 2.24) is 4.98 Å². The van der Waals surface area contributed by atoms with Crippen molar-refractivity contribution in [2.45, 2.75) is 25.8 Å². The van der Waals surface area contributed by atoms with Gasteiger partial charge in [0.25, 0.3) is 0 Å². The molecule has 2 heterocycles. The fourth-order valence-corrected chi connectivity index (χ4v) is 2.92. The number of anilines is 2. The predicted molar refractivity (Wildman–Crippen MR) is 88.8 cm³/mol. The molecule has 0 saturated carbocycles. The predicted octanol–water partition coefficient (Wildman–Crippen LogP) is 3.56. The van der Waals surface area contributed by atoms with Crippen LogP contribution in [0, 0.1) is 11.3 Å². The van der Waals surface area contributed by atoms with E-state index < -0.39 is 0 Å². The van der Waals surface area contributed by atoms with Crippen LogP contribution in [0.4, 0.5) is 11.5 Å². The number of benzene rings is 1. The van der Waals surface area contributed by atoms with Crippen molar-refractivity contribution >= 4 is 11.5 Å². The first-order valence-electron chi connectivity index (χ1n) is 7.80. The number of nitriles is 1. The summed E-state index contributed by atoms with van der Waals surface area (Å²) >= 11 is 0. The fraction of sp³-hybridized carbons (Fsp3) is 0.333. The molecule has 4 nitrogen and oxygen atoms in total. The summed E-state index contributed by atoms with van der Waals surface area (Å²) in [5.74, 6) is 0.651. The van der Waals surface area contributed by atoms with Crippen LogP contribution in [0.1, 0.15) is 30.4 Å². The molecule has 4 heteroatoms. The second-order valence-corrected chi connectivity index (χ2v) is 5.54. The highest BCUT2D eigenvalue weighted by Crippen LogP contribution is 2.25. The van der Waals surface area contributed by atoms with E-state index in [1.165, 1.54) is 30.5 Å². The lowest BCUT2D eigenvalue weighted by Crippen LogP contribution is -2.30. The van der Waals surface area contributed by atoms with E-state index >= 15 is 0 Å². The minimum absolute atomic E-state index is 0.581. The Labute approximate surface area is 131 Å². The highest BCUT2D eigenvalue weighted by atomic mass is 15.1. The number of hydrogen-bond donors (Lipinski definition) is 1. The number of pyridine rings is 1. The van der Waals surface area contributed by atoms with Crippen LogP contribution in [0.5, 0.6) is 0 Å². The monoisotopic (exact) mass is 292 g/mol. The molecule has 2 aromatic rings. The number of hydrogen-bond acceptors (Lipinski definition) is 4. The van der Waals surface area contributed by atoms with Crippen molar-refractivity contribution in [1.29, 1.82) is 5.26 Å². The van der Waals surface area contributed by atoms with E-state index in [0.29, 0.717) is 17.9 Å². The molecule has 0 unspecified atom stereocenters. The zero-order valence-electron chi connectivity index (χ0n) is 12.6. The van der Waals surface area contributed by atoms with Gasteiger partial charge in [-0.2, -0.15) is 5.26 Å². The molecular weight excluding hydrogens is 272 g/mol. The van der Waals surface area contributed by atoms with Gasteiger partial charge in [-0.25, -0.2) is 4.98 Å². The summed E-state index contributed by atoms with van der Waals surface area (Å²) in [5, 5.41) is 12.4. The Hall–Kier alpha value is -2.54. The summed E-state index contributed by atoms with van der Waals surface area (Å²) < 4.78 is 0. The second kappa shape index (κ2) is 6.95. The zero-order chi connectivity index (χ0) is 15.2. The lowest BCUT2D eigenvalue weighted by Gasteiger charge is -2.30. The van der Waals surface area contributed by atoms with E-state index in [1.54, 1.807) is 18.3 Å². The maximum atomic E-state index is 9.14. The van der Waals surface area contributed by atoms with E-state index in [2.05, 4.69) is 45.5 Å². The van der Waals surface area contributed by atoms with Gasteiger partial charge in [-0.15, -0.1) is 0 Å². The van der Waals surface area contributed by atoms with Gasteiger partial charge in [0.05, 0.1) is 5.56 Å². The largest absolute Gasteiger partial charge is 0.371 e. The lowest BCUT2D eigenvalue weighted by molar-refractivity contribution is 0.576. The average Bonchev–Trinajstić information content (AvgIpc) is 2.61. The van der Waals surface area contributed by atoms with Crippen LogP contribution in [-0.2, 0) is 6.54 Å². The number of rotatable bonds is 4. The van der Waals surface area contributed by atoms with Crippen LogP contribution in [0.25, 0.3) is 0 Å². The van der Waals surface area contributed by atoms with E-state index in [9.17, 15) is 0 Å². The van der Waals surface area contributed by atoms with Crippen molar-refractivity contribution in [3.8, 4) is 6.07 Å². The van der Waals surface area contributed by atoms with Gasteiger partial charge in [0.1, 0.15) is 11.9 Å². The molecule has 0 radical (unpaired) electrons. The SMILES string of the molecule is N#Cc1cccnc1NCc1ccccc1N1CCCCC1. The smallest absolute Gasteiger partial charge is 0.144 e. The molecule has 1 aromatic carbocycles. The lowest BCUT2D eigenvalue weighted by atomic mass is 10.1. The van der Waals surface area contributed by atoms with Crippen molar-refractivity contribution in [2.24, 2.45) is 0 Å². The number of aromatic nitrogens is 1. The van der Waals surface area contributed by atoms with Gasteiger partial charge in [-0.05, 0) is 43.0 Å². The Balaban J connectivity index is 1.76. The third kappa shape index (κ3) is 3.20. The molecular formula is C18H20N4. The van der Waals surface area contributed by atoms with E-state index in [4.69, 9.17) is 5.26 Å². The summed E-state index contributed by atoms with van der Waals surface area (Å²) in [4.78, 5) is 6.72. The quantitative estimate of drug-likeness (QED) is 0.936. The Morgan fingerprint density at radius 2 is 1.91 bits per heavy atom. The first-order chi connectivity index (χ1) is 10.9. The molecule has 1 aliphatic heterocycles. The molecule has 112 valence electrons. The van der Waals surface area contributed by atoms with Gasteiger partial charge in [-0.3, -0.25) is 0 Å². The molecule has 0 aliphatic carbocycles. The van der Waals surface area contributed by atoms with Gasteiger partial charge >= 0.3 is 0 Å². The Morgan fingerprint density at radius 1 is 1.09 bits per heavy atom. The molecule has 0 bridgehead atoms. The summed E-state index contributed by atoms with van der Waals surface area (Å²) in [5.41, 5.74) is 3.13. The summed E-state index contributed by atoms with van der Waals surface area (Å²) in [6, 6.07) is 14.2. The van der Waals surface area contributed by atoms with E-state index in [-0.39, 0.29) is 0 Å². The number of nitrogens with one attached hydrogen (secondary N) is 1. The summed E-state index contributed by atoms with van der Waals surface area (Å²) in [7, 11) is 0. The van der Waals surface area contributed by atoms with E-state index in [1.807, 2.05) is 0 Å². The first-order valence-corrected chi connectivity index (χ1v) is 7.80. The zero-order valence-corrected chi connectivity index (χ0v) is 12.6. The average molecular weight is 292 g/mol. The fourth-order valence-electron chi connectivity index (χ4n) is 2.92. The van der Waals surface area contributed by atoms with Crippen LogP contribution in [0.15, 0.2) is 42.6 Å². The Morgan fingerprint density at radius 3 is 2.73 bits per heavy atom. The van der Waals surface area contributed by atoms with Crippen LogP contribution < -0.4 is 10.2 Å². The Bertz CT molecular complexity index is 669. The Kier molecular flexibility index (Phi) is 4.55. The molecule has 1 fully saturated rings. The van der Waals surface area contributed by atoms with Gasteiger partial charge < -0.3 is 10.2 Å². The highest BCUT2D eigenvalue weighted by molar-refractivity contribution is 5.57. The molecule has 1 aliphatic rings. The maximum absolute atomic E-state index is 9.14. The topological polar surface area (TPSA) is 52.0 Å². The van der Waals surface area contributed by atoms with Gasteiger partial charge in [-0.1, -0.05) is 18.2 Å². The molecule has 3 rings (SSSR count). The second-order valence-electron chi connectivity index (χ2n) is 5.54.